The molecule has 128 valence electrons. The fourth-order valence-corrected chi connectivity index (χ4v) is 3.05. The van der Waals surface area contributed by atoms with Gasteiger partial charge in [-0.05, 0) is 44.3 Å². The predicted molar refractivity (Wildman–Crippen MR) is 93.9 cm³/mol. The molecule has 24 heavy (non-hydrogen) atoms. The minimum atomic E-state index is -0.00158. The summed E-state index contributed by atoms with van der Waals surface area (Å²) in [4.78, 5) is 16.7. The summed E-state index contributed by atoms with van der Waals surface area (Å²) in [5.41, 5.74) is 1.26. The van der Waals surface area contributed by atoms with Crippen LogP contribution in [0.4, 0.5) is 5.95 Å². The Morgan fingerprint density at radius 1 is 1.29 bits per heavy atom. The molecule has 0 unspecified atom stereocenters. The molecular formula is C18H25N5O. The number of nitrogens with zero attached hydrogens (tertiary/aromatic N) is 3. The number of carbonyl (C=O) groups is 1. The van der Waals surface area contributed by atoms with Crippen LogP contribution < -0.4 is 10.6 Å². The second kappa shape index (κ2) is 8.06. The third-order valence-electron chi connectivity index (χ3n) is 4.45. The summed E-state index contributed by atoms with van der Waals surface area (Å²) in [5, 5.41) is 10.7. The molecule has 2 aromatic rings. The maximum atomic E-state index is 12.1. The van der Waals surface area contributed by atoms with Crippen molar-refractivity contribution >= 4 is 11.9 Å². The van der Waals surface area contributed by atoms with Gasteiger partial charge in [0.05, 0.1) is 0 Å². The number of carbonyl (C=O) groups excluding carboxylic acids is 1. The first-order valence-corrected chi connectivity index (χ1v) is 8.68. The van der Waals surface area contributed by atoms with Gasteiger partial charge in [0.2, 0.25) is 11.9 Å². The molecular weight excluding hydrogens is 302 g/mol. The van der Waals surface area contributed by atoms with Crippen molar-refractivity contribution in [1.82, 2.24) is 20.1 Å². The Balaban J connectivity index is 1.49. The van der Waals surface area contributed by atoms with E-state index >= 15 is 0 Å². The lowest BCUT2D eigenvalue weighted by atomic mass is 9.98. The van der Waals surface area contributed by atoms with E-state index in [0.29, 0.717) is 18.3 Å². The molecule has 1 amide bonds. The van der Waals surface area contributed by atoms with Gasteiger partial charge in [0.1, 0.15) is 0 Å². The Hall–Kier alpha value is -2.21. The summed E-state index contributed by atoms with van der Waals surface area (Å²) >= 11 is 0. The molecule has 0 spiro atoms. The Labute approximate surface area is 142 Å². The average Bonchev–Trinajstić information content (AvgIpc) is 2.97. The lowest BCUT2D eigenvalue weighted by molar-refractivity contribution is -0.116. The second-order valence-corrected chi connectivity index (χ2v) is 6.33. The van der Waals surface area contributed by atoms with E-state index in [2.05, 4.69) is 32.8 Å². The van der Waals surface area contributed by atoms with Crippen molar-refractivity contribution in [3.8, 4) is 0 Å². The molecule has 1 aromatic heterocycles. The Bertz CT molecular complexity index is 661. The van der Waals surface area contributed by atoms with Gasteiger partial charge in [-0.15, -0.1) is 0 Å². The van der Waals surface area contributed by atoms with Crippen LogP contribution >= 0.6 is 0 Å². The molecule has 1 saturated heterocycles. The van der Waals surface area contributed by atoms with Gasteiger partial charge in [0.25, 0.3) is 0 Å². The largest absolute Gasteiger partial charge is 0.317 e. The number of hydrogen-bond donors (Lipinski definition) is 2. The van der Waals surface area contributed by atoms with Crippen LogP contribution in [0.2, 0.25) is 0 Å². The number of amides is 1. The van der Waals surface area contributed by atoms with E-state index in [1.165, 1.54) is 5.56 Å². The molecule has 0 radical (unpaired) electrons. The zero-order valence-corrected chi connectivity index (χ0v) is 14.2. The fraction of sp³-hybridized carbons (Fsp3) is 0.500. The first-order valence-electron chi connectivity index (χ1n) is 8.68. The standard InChI is InChI=1S/C18H25N5O/c1-23-18(21-17(22-23)15-10-12-19-13-11-15)20-16(24)9-5-8-14-6-3-2-4-7-14/h2-4,6-7,15,19H,5,8-13H2,1H3,(H,20,21,22,24). The normalized spacial score (nSPS) is 15.4. The van der Waals surface area contributed by atoms with Crippen molar-refractivity contribution in [2.45, 2.75) is 38.0 Å². The molecule has 3 rings (SSSR count). The third-order valence-corrected chi connectivity index (χ3v) is 4.45. The number of benzene rings is 1. The first kappa shape index (κ1) is 16.6. The van der Waals surface area contributed by atoms with Crippen LogP contribution in [-0.2, 0) is 18.3 Å². The smallest absolute Gasteiger partial charge is 0.227 e. The molecule has 6 nitrogen and oxygen atoms in total. The molecule has 1 fully saturated rings. The van der Waals surface area contributed by atoms with E-state index < -0.39 is 0 Å². The molecule has 0 atom stereocenters. The highest BCUT2D eigenvalue weighted by Gasteiger charge is 2.21. The summed E-state index contributed by atoms with van der Waals surface area (Å²) in [6.45, 7) is 2.01. The molecule has 6 heteroatoms. The highest BCUT2D eigenvalue weighted by Crippen LogP contribution is 2.23. The SMILES string of the molecule is Cn1nc(C2CCNCC2)nc1NC(=O)CCCc1ccccc1. The zero-order chi connectivity index (χ0) is 16.8. The lowest BCUT2D eigenvalue weighted by Crippen LogP contribution is -2.27. The van der Waals surface area contributed by atoms with E-state index in [-0.39, 0.29) is 5.91 Å². The second-order valence-electron chi connectivity index (χ2n) is 6.33. The Morgan fingerprint density at radius 2 is 2.04 bits per heavy atom. The number of nitrogens with one attached hydrogen (secondary N) is 2. The number of aryl methyl sites for hydroxylation is 2. The molecule has 1 aromatic carbocycles. The summed E-state index contributed by atoms with van der Waals surface area (Å²) < 4.78 is 1.67. The number of aromatic nitrogens is 3. The van der Waals surface area contributed by atoms with Gasteiger partial charge in [-0.3, -0.25) is 10.1 Å². The number of hydrogen-bond acceptors (Lipinski definition) is 4. The molecule has 0 saturated carbocycles. The topological polar surface area (TPSA) is 71.8 Å². The highest BCUT2D eigenvalue weighted by atomic mass is 16.1. The van der Waals surface area contributed by atoms with Crippen LogP contribution in [0.5, 0.6) is 0 Å². The average molecular weight is 327 g/mol. The summed E-state index contributed by atoms with van der Waals surface area (Å²) in [7, 11) is 1.83. The van der Waals surface area contributed by atoms with E-state index in [9.17, 15) is 4.79 Å². The summed E-state index contributed by atoms with van der Waals surface area (Å²) in [6, 6.07) is 10.2. The molecule has 2 heterocycles. The number of anilines is 1. The van der Waals surface area contributed by atoms with E-state index in [0.717, 1.165) is 44.6 Å². The van der Waals surface area contributed by atoms with Gasteiger partial charge in [0, 0.05) is 19.4 Å². The van der Waals surface area contributed by atoms with Crippen molar-refractivity contribution in [2.24, 2.45) is 7.05 Å². The van der Waals surface area contributed by atoms with Crippen molar-refractivity contribution in [3.05, 3.63) is 41.7 Å². The van der Waals surface area contributed by atoms with Crippen molar-refractivity contribution < 1.29 is 4.79 Å². The summed E-state index contributed by atoms with van der Waals surface area (Å²) in [5.74, 6) is 1.78. The number of rotatable bonds is 6. The fourth-order valence-electron chi connectivity index (χ4n) is 3.05. The van der Waals surface area contributed by atoms with Gasteiger partial charge >= 0.3 is 0 Å². The Morgan fingerprint density at radius 3 is 2.79 bits per heavy atom. The van der Waals surface area contributed by atoms with Crippen LogP contribution in [0.1, 0.15) is 43.0 Å². The van der Waals surface area contributed by atoms with E-state index in [4.69, 9.17) is 0 Å². The van der Waals surface area contributed by atoms with Crippen LogP contribution in [0.25, 0.3) is 0 Å². The predicted octanol–water partition coefficient (Wildman–Crippen LogP) is 2.24. The summed E-state index contributed by atoms with van der Waals surface area (Å²) in [6.07, 6.45) is 4.33. The zero-order valence-electron chi connectivity index (χ0n) is 14.2. The highest BCUT2D eigenvalue weighted by molar-refractivity contribution is 5.88. The first-order chi connectivity index (χ1) is 11.7. The number of piperidine rings is 1. The van der Waals surface area contributed by atoms with Gasteiger partial charge in [-0.2, -0.15) is 10.1 Å². The van der Waals surface area contributed by atoms with Crippen LogP contribution in [-0.4, -0.2) is 33.8 Å². The molecule has 2 N–H and O–H groups in total. The minimum Gasteiger partial charge on any atom is -0.317 e. The van der Waals surface area contributed by atoms with Gasteiger partial charge in [-0.25, -0.2) is 4.68 Å². The quantitative estimate of drug-likeness (QED) is 0.853. The van der Waals surface area contributed by atoms with E-state index in [1.54, 1.807) is 4.68 Å². The van der Waals surface area contributed by atoms with Gasteiger partial charge in [-0.1, -0.05) is 30.3 Å². The molecule has 0 aliphatic carbocycles. The third kappa shape index (κ3) is 4.41. The van der Waals surface area contributed by atoms with Crippen LogP contribution in [0, 0.1) is 0 Å². The maximum absolute atomic E-state index is 12.1. The van der Waals surface area contributed by atoms with Crippen LogP contribution in [0.15, 0.2) is 30.3 Å². The molecule has 0 bridgehead atoms. The maximum Gasteiger partial charge on any atom is 0.227 e. The monoisotopic (exact) mass is 327 g/mol. The molecule has 1 aliphatic rings. The van der Waals surface area contributed by atoms with Crippen molar-refractivity contribution in [3.63, 3.8) is 0 Å². The Kier molecular flexibility index (Phi) is 5.59. The molecule has 1 aliphatic heterocycles. The van der Waals surface area contributed by atoms with Gasteiger partial charge in [0.15, 0.2) is 5.82 Å². The van der Waals surface area contributed by atoms with Crippen molar-refractivity contribution in [2.75, 3.05) is 18.4 Å². The van der Waals surface area contributed by atoms with E-state index in [1.807, 2.05) is 25.2 Å². The van der Waals surface area contributed by atoms with Crippen molar-refractivity contribution in [1.29, 1.82) is 0 Å². The van der Waals surface area contributed by atoms with Gasteiger partial charge < -0.3 is 5.32 Å². The van der Waals surface area contributed by atoms with Crippen LogP contribution in [0.3, 0.4) is 0 Å². The lowest BCUT2D eigenvalue weighted by Gasteiger charge is -2.19. The minimum absolute atomic E-state index is 0.00158.